The zero-order valence-electron chi connectivity index (χ0n) is 10.8. The highest BCUT2D eigenvalue weighted by Gasteiger charge is 2.13. The van der Waals surface area contributed by atoms with Crippen molar-refractivity contribution in [2.24, 2.45) is 0 Å². The van der Waals surface area contributed by atoms with E-state index in [4.69, 9.17) is 0 Å². The first kappa shape index (κ1) is 12.9. The Kier molecular flexibility index (Phi) is 3.70. The lowest BCUT2D eigenvalue weighted by Gasteiger charge is -2.07. The van der Waals surface area contributed by atoms with E-state index in [1.165, 1.54) is 6.07 Å². The van der Waals surface area contributed by atoms with Crippen LogP contribution in [0.25, 0.3) is 0 Å². The molecule has 2 aromatic rings. The Morgan fingerprint density at radius 1 is 1.26 bits per heavy atom. The third-order valence-electron chi connectivity index (χ3n) is 2.64. The van der Waals surface area contributed by atoms with Crippen molar-refractivity contribution in [3.63, 3.8) is 0 Å². The molecule has 0 aliphatic heterocycles. The van der Waals surface area contributed by atoms with Gasteiger partial charge in [-0.25, -0.2) is 0 Å². The topological polar surface area (TPSA) is 81.0 Å². The minimum Gasteiger partial charge on any atom is -0.374 e. The number of nitro benzene ring substituents is 1. The zero-order valence-corrected chi connectivity index (χ0v) is 10.8. The third-order valence-corrected chi connectivity index (χ3v) is 2.64. The van der Waals surface area contributed by atoms with Gasteiger partial charge in [-0.05, 0) is 25.5 Å². The quantitative estimate of drug-likeness (QED) is 0.673. The molecule has 0 atom stereocenters. The van der Waals surface area contributed by atoms with E-state index in [1.54, 1.807) is 24.5 Å². The van der Waals surface area contributed by atoms with Crippen LogP contribution in [0.15, 0.2) is 30.6 Å². The number of rotatable bonds is 4. The summed E-state index contributed by atoms with van der Waals surface area (Å²) in [5.41, 5.74) is 3.09. The summed E-state index contributed by atoms with van der Waals surface area (Å²) in [4.78, 5) is 18.9. The van der Waals surface area contributed by atoms with Crippen LogP contribution < -0.4 is 5.32 Å². The maximum absolute atomic E-state index is 10.9. The van der Waals surface area contributed by atoms with Crippen molar-refractivity contribution in [1.82, 2.24) is 9.97 Å². The van der Waals surface area contributed by atoms with Crippen LogP contribution in [-0.2, 0) is 6.54 Å². The molecule has 6 nitrogen and oxygen atoms in total. The molecule has 0 amide bonds. The molecule has 1 aromatic heterocycles. The molecule has 0 saturated heterocycles. The van der Waals surface area contributed by atoms with Gasteiger partial charge in [0.25, 0.3) is 5.69 Å². The van der Waals surface area contributed by atoms with Gasteiger partial charge < -0.3 is 5.32 Å². The van der Waals surface area contributed by atoms with Crippen molar-refractivity contribution in [3.05, 3.63) is 57.7 Å². The fourth-order valence-corrected chi connectivity index (χ4v) is 1.65. The van der Waals surface area contributed by atoms with E-state index in [9.17, 15) is 10.1 Å². The number of nitrogens with one attached hydrogen (secondary N) is 1. The molecule has 0 radical (unpaired) electrons. The van der Waals surface area contributed by atoms with E-state index in [1.807, 2.05) is 13.8 Å². The second-order valence-electron chi connectivity index (χ2n) is 4.28. The van der Waals surface area contributed by atoms with E-state index in [0.717, 1.165) is 17.0 Å². The zero-order chi connectivity index (χ0) is 13.8. The van der Waals surface area contributed by atoms with Crippen molar-refractivity contribution < 1.29 is 4.92 Å². The SMILES string of the molecule is Cc1ccc([N+](=O)[O-])c(NCc2cnc(C)cn2)c1. The molecule has 98 valence electrons. The fourth-order valence-electron chi connectivity index (χ4n) is 1.65. The second kappa shape index (κ2) is 5.43. The number of aromatic nitrogens is 2. The standard InChI is InChI=1S/C13H14N4O2/c1-9-3-4-13(17(18)19)12(5-9)16-8-11-7-14-10(2)6-15-11/h3-7,16H,8H2,1-2H3. The van der Waals surface area contributed by atoms with Gasteiger partial charge in [0.2, 0.25) is 0 Å². The number of nitrogens with zero attached hydrogens (tertiary/aromatic N) is 3. The van der Waals surface area contributed by atoms with Gasteiger partial charge in [-0.2, -0.15) is 0 Å². The van der Waals surface area contributed by atoms with Crippen LogP contribution >= 0.6 is 0 Å². The number of anilines is 1. The molecule has 0 bridgehead atoms. The molecule has 19 heavy (non-hydrogen) atoms. The Bertz CT molecular complexity index is 596. The summed E-state index contributed by atoms with van der Waals surface area (Å²) in [6, 6.07) is 4.97. The lowest BCUT2D eigenvalue weighted by Crippen LogP contribution is -2.05. The van der Waals surface area contributed by atoms with Crippen molar-refractivity contribution in [3.8, 4) is 0 Å². The van der Waals surface area contributed by atoms with E-state index in [-0.39, 0.29) is 5.69 Å². The summed E-state index contributed by atoms with van der Waals surface area (Å²) in [7, 11) is 0. The van der Waals surface area contributed by atoms with Gasteiger partial charge in [0, 0.05) is 12.3 Å². The first-order valence-electron chi connectivity index (χ1n) is 5.82. The summed E-state index contributed by atoms with van der Waals surface area (Å²) in [5.74, 6) is 0. The van der Waals surface area contributed by atoms with Gasteiger partial charge in [0.05, 0.1) is 29.1 Å². The van der Waals surface area contributed by atoms with Crippen LogP contribution in [0.3, 0.4) is 0 Å². The molecule has 2 rings (SSSR count). The highest BCUT2D eigenvalue weighted by atomic mass is 16.6. The molecule has 1 N–H and O–H groups in total. The van der Waals surface area contributed by atoms with Gasteiger partial charge in [-0.3, -0.25) is 20.1 Å². The van der Waals surface area contributed by atoms with Crippen molar-refractivity contribution in [2.45, 2.75) is 20.4 Å². The van der Waals surface area contributed by atoms with Gasteiger partial charge >= 0.3 is 0 Å². The smallest absolute Gasteiger partial charge is 0.292 e. The Balaban J connectivity index is 2.16. The maximum atomic E-state index is 10.9. The Morgan fingerprint density at radius 3 is 2.68 bits per heavy atom. The van der Waals surface area contributed by atoms with Crippen molar-refractivity contribution >= 4 is 11.4 Å². The lowest BCUT2D eigenvalue weighted by atomic mass is 10.2. The van der Waals surface area contributed by atoms with Gasteiger partial charge in [0.1, 0.15) is 5.69 Å². The van der Waals surface area contributed by atoms with Crippen LogP contribution in [0, 0.1) is 24.0 Å². The number of hydrogen-bond donors (Lipinski definition) is 1. The van der Waals surface area contributed by atoms with Gasteiger partial charge in [0.15, 0.2) is 0 Å². The normalized spacial score (nSPS) is 10.2. The third kappa shape index (κ3) is 3.25. The molecule has 1 aromatic carbocycles. The first-order valence-corrected chi connectivity index (χ1v) is 5.82. The van der Waals surface area contributed by atoms with E-state index in [2.05, 4.69) is 15.3 Å². The van der Waals surface area contributed by atoms with Crippen LogP contribution in [0.1, 0.15) is 17.0 Å². The predicted octanol–water partition coefficient (Wildman–Crippen LogP) is 2.61. The highest BCUT2D eigenvalue weighted by Crippen LogP contribution is 2.25. The summed E-state index contributed by atoms with van der Waals surface area (Å²) < 4.78 is 0. The number of benzene rings is 1. The highest BCUT2D eigenvalue weighted by molar-refractivity contribution is 5.62. The molecule has 0 spiro atoms. The van der Waals surface area contributed by atoms with E-state index >= 15 is 0 Å². The molecular weight excluding hydrogens is 244 g/mol. The van der Waals surface area contributed by atoms with Gasteiger partial charge in [-0.1, -0.05) is 6.07 Å². The Labute approximate surface area is 110 Å². The van der Waals surface area contributed by atoms with Crippen LogP contribution in [0.4, 0.5) is 11.4 Å². The van der Waals surface area contributed by atoms with Crippen LogP contribution in [-0.4, -0.2) is 14.9 Å². The molecule has 1 heterocycles. The summed E-state index contributed by atoms with van der Waals surface area (Å²) in [6.45, 7) is 4.15. The summed E-state index contributed by atoms with van der Waals surface area (Å²) >= 11 is 0. The van der Waals surface area contributed by atoms with E-state index in [0.29, 0.717) is 12.2 Å². The average Bonchev–Trinajstić information content (AvgIpc) is 2.38. The Hall–Kier alpha value is -2.50. The minimum atomic E-state index is -0.400. The lowest BCUT2D eigenvalue weighted by molar-refractivity contribution is -0.384. The summed E-state index contributed by atoms with van der Waals surface area (Å²) in [6.07, 6.45) is 3.33. The minimum absolute atomic E-state index is 0.0608. The molecule has 0 unspecified atom stereocenters. The fraction of sp³-hybridized carbons (Fsp3) is 0.231. The second-order valence-corrected chi connectivity index (χ2v) is 4.28. The van der Waals surface area contributed by atoms with Crippen molar-refractivity contribution in [1.29, 1.82) is 0 Å². The van der Waals surface area contributed by atoms with Crippen molar-refractivity contribution in [2.75, 3.05) is 5.32 Å². The molecule has 6 heteroatoms. The molecular formula is C13H14N4O2. The summed E-state index contributed by atoms with van der Waals surface area (Å²) in [5, 5.41) is 14.0. The molecule has 0 saturated carbocycles. The number of aryl methyl sites for hydroxylation is 2. The predicted molar refractivity (Wildman–Crippen MR) is 71.9 cm³/mol. The van der Waals surface area contributed by atoms with Crippen LogP contribution in [0.2, 0.25) is 0 Å². The number of nitro groups is 1. The van der Waals surface area contributed by atoms with E-state index < -0.39 is 4.92 Å². The largest absolute Gasteiger partial charge is 0.374 e. The Morgan fingerprint density at radius 2 is 2.05 bits per heavy atom. The first-order chi connectivity index (χ1) is 9.06. The van der Waals surface area contributed by atoms with Crippen LogP contribution in [0.5, 0.6) is 0 Å². The molecule has 0 aliphatic rings. The molecule has 0 aliphatic carbocycles. The van der Waals surface area contributed by atoms with Gasteiger partial charge in [-0.15, -0.1) is 0 Å². The average molecular weight is 258 g/mol. The maximum Gasteiger partial charge on any atom is 0.292 e. The monoisotopic (exact) mass is 258 g/mol. The number of hydrogen-bond acceptors (Lipinski definition) is 5. The molecule has 0 fully saturated rings.